The van der Waals surface area contributed by atoms with E-state index in [-0.39, 0.29) is 10.8 Å². The van der Waals surface area contributed by atoms with Crippen molar-refractivity contribution in [3.8, 4) is 22.5 Å². The largest absolute Gasteiger partial charge is 0.309 e. The highest BCUT2D eigenvalue weighted by atomic mass is 28.3. The van der Waals surface area contributed by atoms with Crippen LogP contribution in [0.5, 0.6) is 0 Å². The van der Waals surface area contributed by atoms with Crippen LogP contribution in [0.2, 0.25) is 0 Å². The van der Waals surface area contributed by atoms with E-state index in [0.717, 1.165) is 5.69 Å². The molecule has 0 fully saturated rings. The molecule has 0 bridgehead atoms. The number of fused-ring (bicyclic) bond motifs is 7. The van der Waals surface area contributed by atoms with Gasteiger partial charge in [-0.05, 0) is 115 Å². The van der Waals surface area contributed by atoms with E-state index in [2.05, 4.69) is 255 Å². The highest BCUT2D eigenvalue weighted by Crippen LogP contribution is 2.46. The van der Waals surface area contributed by atoms with Crippen molar-refractivity contribution in [1.29, 1.82) is 0 Å². The molecule has 1 aliphatic rings. The van der Waals surface area contributed by atoms with Crippen molar-refractivity contribution in [2.75, 3.05) is 0 Å². The molecule has 314 valence electrons. The molecule has 2 nitrogen and oxygen atoms in total. The molecule has 0 amide bonds. The summed E-state index contributed by atoms with van der Waals surface area (Å²) >= 11 is 0. The Morgan fingerprint density at radius 2 is 0.862 bits per heavy atom. The maximum atomic E-state index is 2.63. The van der Waals surface area contributed by atoms with Gasteiger partial charge in [-0.1, -0.05) is 198 Å². The molecule has 0 aliphatic heterocycles. The van der Waals surface area contributed by atoms with Crippen LogP contribution in [0.15, 0.2) is 218 Å². The van der Waals surface area contributed by atoms with Gasteiger partial charge in [0.15, 0.2) is 8.07 Å². The molecule has 0 saturated carbocycles. The molecule has 0 spiro atoms. The van der Waals surface area contributed by atoms with E-state index < -0.39 is 8.07 Å². The van der Waals surface area contributed by atoms with E-state index in [1.54, 1.807) is 0 Å². The molecule has 0 saturated heterocycles. The number of para-hydroxylation sites is 3. The van der Waals surface area contributed by atoms with Crippen LogP contribution in [0.25, 0.3) is 66.1 Å². The minimum atomic E-state index is -2.80. The zero-order chi connectivity index (χ0) is 43.9. The fourth-order valence-electron chi connectivity index (χ4n) is 11.6. The predicted octanol–water partition coefficient (Wildman–Crippen LogP) is 13.3. The molecule has 3 heteroatoms. The third-order valence-corrected chi connectivity index (χ3v) is 19.7. The molecule has 11 aromatic rings. The van der Waals surface area contributed by atoms with Crippen molar-refractivity contribution >= 4 is 72.4 Å². The molecular weight excluding hydrogens is 801 g/mol. The zero-order valence-corrected chi connectivity index (χ0v) is 38.6. The van der Waals surface area contributed by atoms with Gasteiger partial charge in [0.1, 0.15) is 0 Å². The summed E-state index contributed by atoms with van der Waals surface area (Å²) in [5.74, 6) is 0. The Hall–Kier alpha value is -7.20. The van der Waals surface area contributed by atoms with E-state index in [4.69, 9.17) is 0 Å². The minimum Gasteiger partial charge on any atom is -0.309 e. The van der Waals surface area contributed by atoms with E-state index >= 15 is 0 Å². The van der Waals surface area contributed by atoms with Crippen LogP contribution in [-0.4, -0.2) is 17.2 Å². The Balaban J connectivity index is 1.05. The van der Waals surface area contributed by atoms with E-state index in [9.17, 15) is 0 Å². The molecule has 65 heavy (non-hydrogen) atoms. The Labute approximate surface area is 383 Å². The smallest absolute Gasteiger partial charge is 0.179 e. The summed E-state index contributed by atoms with van der Waals surface area (Å²) < 4.78 is 4.86. The molecule has 2 heterocycles. The molecule has 1 aliphatic carbocycles. The SMILES string of the molecule is CC1(C)CCC(C)(C)c2cc([Si](c3ccccc3)(c3ccccc3)c3ccc(-c4cccc5c4c4ccccc4n5-c4ccc5c(c4)c4ccccc4n5-c4ccccc4)cc3)ccc21. The number of nitrogens with zero attached hydrogens (tertiary/aromatic N) is 2. The molecule has 0 atom stereocenters. The lowest BCUT2D eigenvalue weighted by Gasteiger charge is -2.43. The van der Waals surface area contributed by atoms with Gasteiger partial charge in [-0.15, -0.1) is 0 Å². The number of aromatic nitrogens is 2. The van der Waals surface area contributed by atoms with E-state index in [1.807, 2.05) is 0 Å². The summed E-state index contributed by atoms with van der Waals surface area (Å²) in [6, 6.07) is 82.4. The fourth-order valence-corrected chi connectivity index (χ4v) is 16.3. The average molecular weight is 853 g/mol. The van der Waals surface area contributed by atoms with Crippen LogP contribution in [0, 0.1) is 0 Å². The molecule has 0 unspecified atom stereocenters. The van der Waals surface area contributed by atoms with Crippen LogP contribution < -0.4 is 20.7 Å². The maximum Gasteiger partial charge on any atom is 0.179 e. The van der Waals surface area contributed by atoms with Crippen molar-refractivity contribution in [1.82, 2.24) is 9.13 Å². The van der Waals surface area contributed by atoms with Crippen LogP contribution in [0.1, 0.15) is 51.7 Å². The molecule has 9 aromatic carbocycles. The van der Waals surface area contributed by atoms with Gasteiger partial charge in [-0.3, -0.25) is 0 Å². The first-order valence-corrected chi connectivity index (χ1v) is 25.2. The van der Waals surface area contributed by atoms with Gasteiger partial charge in [-0.25, -0.2) is 0 Å². The van der Waals surface area contributed by atoms with Gasteiger partial charge >= 0.3 is 0 Å². The van der Waals surface area contributed by atoms with Crippen molar-refractivity contribution in [3.63, 3.8) is 0 Å². The van der Waals surface area contributed by atoms with Crippen LogP contribution in [-0.2, 0) is 10.8 Å². The highest BCUT2D eigenvalue weighted by Gasteiger charge is 2.44. The second kappa shape index (κ2) is 14.9. The summed E-state index contributed by atoms with van der Waals surface area (Å²) in [5.41, 5.74) is 12.9. The fraction of sp³-hybridized carbons (Fsp3) is 0.129. The molecule has 2 aromatic heterocycles. The zero-order valence-electron chi connectivity index (χ0n) is 37.6. The lowest BCUT2D eigenvalue weighted by atomic mass is 9.63. The van der Waals surface area contributed by atoms with Crippen LogP contribution >= 0.6 is 0 Å². The summed E-state index contributed by atoms with van der Waals surface area (Å²) in [5, 5.41) is 10.7. The first-order chi connectivity index (χ1) is 31.7. The second-order valence-electron chi connectivity index (χ2n) is 19.5. The summed E-state index contributed by atoms with van der Waals surface area (Å²) in [4.78, 5) is 0. The lowest BCUT2D eigenvalue weighted by molar-refractivity contribution is 0.332. The van der Waals surface area contributed by atoms with Crippen LogP contribution in [0.3, 0.4) is 0 Å². The summed E-state index contributed by atoms with van der Waals surface area (Å²) in [6.45, 7) is 9.77. The van der Waals surface area contributed by atoms with Gasteiger partial charge in [0.25, 0.3) is 0 Å². The van der Waals surface area contributed by atoms with Gasteiger partial charge < -0.3 is 9.13 Å². The Kier molecular flexibility index (Phi) is 9.05. The number of rotatable bonds is 7. The monoisotopic (exact) mass is 852 g/mol. The van der Waals surface area contributed by atoms with Crippen molar-refractivity contribution in [2.24, 2.45) is 0 Å². The first-order valence-electron chi connectivity index (χ1n) is 23.2. The summed E-state index contributed by atoms with van der Waals surface area (Å²) in [7, 11) is -2.80. The van der Waals surface area contributed by atoms with Crippen molar-refractivity contribution in [3.05, 3.63) is 230 Å². The van der Waals surface area contributed by atoms with Gasteiger partial charge in [0.05, 0.1) is 22.1 Å². The molecule has 0 radical (unpaired) electrons. The Morgan fingerprint density at radius 3 is 1.54 bits per heavy atom. The quantitative estimate of drug-likeness (QED) is 0.112. The van der Waals surface area contributed by atoms with Crippen molar-refractivity contribution in [2.45, 2.75) is 51.4 Å². The van der Waals surface area contributed by atoms with E-state index in [1.165, 1.54) is 105 Å². The molecular formula is C62H52N2Si. The number of hydrogen-bond donors (Lipinski definition) is 0. The number of benzene rings is 9. The van der Waals surface area contributed by atoms with E-state index in [0.29, 0.717) is 0 Å². The van der Waals surface area contributed by atoms with Crippen LogP contribution in [0.4, 0.5) is 0 Å². The lowest BCUT2D eigenvalue weighted by Crippen LogP contribution is -2.74. The first kappa shape index (κ1) is 39.4. The predicted molar refractivity (Wildman–Crippen MR) is 279 cm³/mol. The average Bonchev–Trinajstić information content (AvgIpc) is 3.87. The molecule has 12 rings (SSSR count). The minimum absolute atomic E-state index is 0.100. The topological polar surface area (TPSA) is 9.86 Å². The van der Waals surface area contributed by atoms with Gasteiger partial charge in [0, 0.05) is 32.9 Å². The third-order valence-electron chi connectivity index (χ3n) is 15.0. The second-order valence-corrected chi connectivity index (χ2v) is 23.3. The number of hydrogen-bond acceptors (Lipinski definition) is 0. The van der Waals surface area contributed by atoms with Gasteiger partial charge in [0.2, 0.25) is 0 Å². The van der Waals surface area contributed by atoms with Crippen molar-refractivity contribution < 1.29 is 0 Å². The normalized spacial score (nSPS) is 14.6. The Bertz CT molecular complexity index is 3540. The molecule has 0 N–H and O–H groups in total. The maximum absolute atomic E-state index is 2.80. The summed E-state index contributed by atoms with van der Waals surface area (Å²) in [6.07, 6.45) is 2.39. The standard InChI is InChI=1S/C62H52N2Si/c1-61(2)39-40-62(3,4)55-42-49(36-37-54(55)61)65(46-21-10-6-11-22-46,47-23-12-7-13-24-47)48-34-31-43(32-35-48)50-27-18-30-59-60(50)52-26-15-17-29-57(52)64(59)45-33-38-58-53(41-45)51-25-14-16-28-56(51)63(58)44-19-8-5-9-20-44/h5-38,41-42H,39-40H2,1-4H3. The third kappa shape index (κ3) is 6.06. The highest BCUT2D eigenvalue weighted by molar-refractivity contribution is 7.19. The Morgan fingerprint density at radius 1 is 0.354 bits per heavy atom. The van der Waals surface area contributed by atoms with Gasteiger partial charge in [-0.2, -0.15) is 0 Å².